The molecule has 5 heteroatoms. The third kappa shape index (κ3) is 2.70. The van der Waals surface area contributed by atoms with Crippen LogP contribution in [0.5, 0.6) is 0 Å². The zero-order valence-corrected chi connectivity index (χ0v) is 14.4. The Morgan fingerprint density at radius 2 is 2.33 bits per heavy atom. The molecule has 2 nitrogen and oxygen atoms in total. The second-order valence-electron chi connectivity index (χ2n) is 5.26. The molecule has 1 fully saturated rings. The van der Waals surface area contributed by atoms with E-state index in [1.54, 1.807) is 11.3 Å². The molecule has 18 heavy (non-hydrogen) atoms. The molecule has 1 aromatic rings. The van der Waals surface area contributed by atoms with Gasteiger partial charge in [0, 0.05) is 21.3 Å². The number of hydrogen-bond acceptors (Lipinski definition) is 3. The van der Waals surface area contributed by atoms with E-state index in [1.807, 2.05) is 6.07 Å². The summed E-state index contributed by atoms with van der Waals surface area (Å²) in [5.41, 5.74) is 5.87. The van der Waals surface area contributed by atoms with Crippen LogP contribution in [0.25, 0.3) is 0 Å². The summed E-state index contributed by atoms with van der Waals surface area (Å²) < 4.78 is 2.05. The molecule has 3 atom stereocenters. The number of hydrogen-bond donors (Lipinski definition) is 2. The first kappa shape index (κ1) is 15.0. The van der Waals surface area contributed by atoms with Crippen LogP contribution in [0.2, 0.25) is 0 Å². The fourth-order valence-corrected chi connectivity index (χ4v) is 5.18. The lowest BCUT2D eigenvalue weighted by Gasteiger charge is -2.32. The van der Waals surface area contributed by atoms with Crippen molar-refractivity contribution in [3.05, 3.63) is 19.2 Å². The average molecular weight is 397 g/mol. The van der Waals surface area contributed by atoms with Gasteiger partial charge >= 0.3 is 0 Å². The van der Waals surface area contributed by atoms with E-state index in [9.17, 15) is 5.11 Å². The highest BCUT2D eigenvalue weighted by atomic mass is 79.9. The molecule has 0 aromatic carbocycles. The van der Waals surface area contributed by atoms with Gasteiger partial charge in [-0.25, -0.2) is 0 Å². The van der Waals surface area contributed by atoms with Crippen LogP contribution in [0.4, 0.5) is 0 Å². The van der Waals surface area contributed by atoms with E-state index >= 15 is 0 Å². The smallest absolute Gasteiger partial charge is 0.0950 e. The molecule has 3 N–H and O–H groups in total. The Morgan fingerprint density at radius 1 is 1.61 bits per heavy atom. The molecule has 1 saturated carbocycles. The fraction of sp³-hybridized carbons (Fsp3) is 0.692. The summed E-state index contributed by atoms with van der Waals surface area (Å²) in [6.45, 7) is 2.79. The van der Waals surface area contributed by atoms with Gasteiger partial charge in [-0.2, -0.15) is 0 Å². The van der Waals surface area contributed by atoms with E-state index in [-0.39, 0.29) is 5.41 Å². The molecule has 0 saturated heterocycles. The summed E-state index contributed by atoms with van der Waals surface area (Å²) in [6.07, 6.45) is 4.03. The molecule has 0 amide bonds. The Hall–Kier alpha value is 0.580. The Morgan fingerprint density at radius 3 is 2.78 bits per heavy atom. The van der Waals surface area contributed by atoms with Gasteiger partial charge in [-0.15, -0.1) is 11.3 Å². The van der Waals surface area contributed by atoms with Gasteiger partial charge < -0.3 is 10.8 Å². The van der Waals surface area contributed by atoms with Crippen LogP contribution in [-0.2, 0) is 0 Å². The topological polar surface area (TPSA) is 46.2 Å². The largest absolute Gasteiger partial charge is 0.387 e. The average Bonchev–Trinajstić information content (AvgIpc) is 2.94. The van der Waals surface area contributed by atoms with Crippen molar-refractivity contribution in [2.24, 2.45) is 17.1 Å². The van der Waals surface area contributed by atoms with Crippen molar-refractivity contribution in [2.45, 2.75) is 38.7 Å². The first-order valence-electron chi connectivity index (χ1n) is 6.35. The first-order chi connectivity index (χ1) is 8.52. The SMILES string of the molecule is CCC1CCC(CN)(C(O)c2cc(Br)c(Br)s2)C1. The van der Waals surface area contributed by atoms with Gasteiger partial charge in [-0.1, -0.05) is 13.3 Å². The Labute approximate surface area is 129 Å². The number of nitrogens with two attached hydrogens (primary N) is 1. The van der Waals surface area contributed by atoms with Crippen molar-refractivity contribution >= 4 is 43.2 Å². The quantitative estimate of drug-likeness (QED) is 0.788. The normalized spacial score (nSPS) is 29.7. The molecule has 1 aliphatic rings. The third-order valence-corrected chi connectivity index (χ3v) is 7.55. The van der Waals surface area contributed by atoms with Crippen molar-refractivity contribution in [3.8, 4) is 0 Å². The maximum absolute atomic E-state index is 10.7. The Kier molecular flexibility index (Phi) is 4.92. The summed E-state index contributed by atoms with van der Waals surface area (Å²) in [6, 6.07) is 2.01. The molecule has 102 valence electrons. The zero-order valence-electron chi connectivity index (χ0n) is 10.5. The van der Waals surface area contributed by atoms with Gasteiger partial charge in [0.25, 0.3) is 0 Å². The highest BCUT2D eigenvalue weighted by molar-refractivity contribution is 9.13. The van der Waals surface area contributed by atoms with Gasteiger partial charge in [0.05, 0.1) is 9.89 Å². The van der Waals surface area contributed by atoms with Gasteiger partial charge in [0.2, 0.25) is 0 Å². The summed E-state index contributed by atoms with van der Waals surface area (Å²) >= 11 is 8.56. The maximum atomic E-state index is 10.7. The van der Waals surface area contributed by atoms with Gasteiger partial charge in [-0.3, -0.25) is 0 Å². The van der Waals surface area contributed by atoms with Crippen molar-refractivity contribution in [3.63, 3.8) is 0 Å². The van der Waals surface area contributed by atoms with Gasteiger partial charge in [0.15, 0.2) is 0 Å². The summed E-state index contributed by atoms with van der Waals surface area (Å²) in [5, 5.41) is 10.7. The number of thiophene rings is 1. The van der Waals surface area contributed by atoms with Crippen LogP contribution in [0.15, 0.2) is 14.3 Å². The van der Waals surface area contributed by atoms with E-state index in [4.69, 9.17) is 5.73 Å². The van der Waals surface area contributed by atoms with Crippen LogP contribution in [0, 0.1) is 11.3 Å². The maximum Gasteiger partial charge on any atom is 0.0950 e. The lowest BCUT2D eigenvalue weighted by Crippen LogP contribution is -2.34. The van der Waals surface area contributed by atoms with E-state index in [2.05, 4.69) is 38.8 Å². The molecule has 1 aliphatic carbocycles. The Bertz CT molecular complexity index is 404. The lowest BCUT2D eigenvalue weighted by molar-refractivity contribution is 0.0329. The predicted molar refractivity (Wildman–Crippen MR) is 83.8 cm³/mol. The van der Waals surface area contributed by atoms with Gasteiger partial charge in [-0.05, 0) is 63.1 Å². The molecule has 0 radical (unpaired) electrons. The van der Waals surface area contributed by atoms with E-state index in [0.717, 1.165) is 31.9 Å². The standard InChI is InChI=1S/C13H19Br2NOS/c1-2-8-3-4-13(6-8,7-16)11(17)10-5-9(14)12(15)18-10/h5,8,11,17H,2-4,6-7,16H2,1H3. The molecular formula is C13H19Br2NOS. The number of aliphatic hydroxyl groups is 1. The highest BCUT2D eigenvalue weighted by Gasteiger charge is 2.44. The minimum atomic E-state index is -0.438. The Balaban J connectivity index is 2.22. The van der Waals surface area contributed by atoms with Crippen molar-refractivity contribution in [1.82, 2.24) is 0 Å². The van der Waals surface area contributed by atoms with Gasteiger partial charge in [0.1, 0.15) is 0 Å². The summed E-state index contributed by atoms with van der Waals surface area (Å²) in [7, 11) is 0. The number of aliphatic hydroxyl groups excluding tert-OH is 1. The van der Waals surface area contributed by atoms with Crippen LogP contribution < -0.4 is 5.73 Å². The highest BCUT2D eigenvalue weighted by Crippen LogP contribution is 2.52. The number of halogens is 2. The molecule has 0 aliphatic heterocycles. The van der Waals surface area contributed by atoms with E-state index < -0.39 is 6.10 Å². The van der Waals surface area contributed by atoms with E-state index in [0.29, 0.717) is 6.54 Å². The van der Waals surface area contributed by atoms with Crippen LogP contribution in [0.3, 0.4) is 0 Å². The second-order valence-corrected chi connectivity index (χ2v) is 8.51. The van der Waals surface area contributed by atoms with Crippen LogP contribution in [-0.4, -0.2) is 11.7 Å². The lowest BCUT2D eigenvalue weighted by atomic mass is 9.78. The monoisotopic (exact) mass is 395 g/mol. The first-order valence-corrected chi connectivity index (χ1v) is 8.75. The third-order valence-electron chi connectivity index (χ3n) is 4.24. The van der Waals surface area contributed by atoms with Crippen molar-refractivity contribution in [2.75, 3.05) is 6.54 Å². The van der Waals surface area contributed by atoms with Crippen molar-refractivity contribution < 1.29 is 5.11 Å². The molecule has 1 heterocycles. The fourth-order valence-electron chi connectivity index (χ4n) is 2.96. The van der Waals surface area contributed by atoms with E-state index in [1.165, 1.54) is 12.8 Å². The summed E-state index contributed by atoms with van der Waals surface area (Å²) in [4.78, 5) is 1.01. The second kappa shape index (κ2) is 5.92. The number of rotatable bonds is 4. The molecule has 0 bridgehead atoms. The molecule has 3 unspecified atom stereocenters. The van der Waals surface area contributed by atoms with Crippen molar-refractivity contribution in [1.29, 1.82) is 0 Å². The molecular weight excluding hydrogens is 378 g/mol. The summed E-state index contributed by atoms with van der Waals surface area (Å²) in [5.74, 6) is 0.718. The molecule has 1 aromatic heterocycles. The molecule has 0 spiro atoms. The molecule has 2 rings (SSSR count). The van der Waals surface area contributed by atoms with Crippen LogP contribution >= 0.6 is 43.2 Å². The minimum Gasteiger partial charge on any atom is -0.387 e. The predicted octanol–water partition coefficient (Wildman–Crippen LogP) is 4.46. The minimum absolute atomic E-state index is 0.121. The van der Waals surface area contributed by atoms with Crippen LogP contribution in [0.1, 0.15) is 43.6 Å². The zero-order chi connectivity index (χ0) is 13.3.